The summed E-state index contributed by atoms with van der Waals surface area (Å²) in [7, 11) is 0. The highest BCUT2D eigenvalue weighted by Gasteiger charge is 2.49. The molecule has 0 unspecified atom stereocenters. The van der Waals surface area contributed by atoms with Gasteiger partial charge < -0.3 is 9.64 Å². The molecule has 26 heavy (non-hydrogen) atoms. The van der Waals surface area contributed by atoms with Crippen molar-refractivity contribution in [3.63, 3.8) is 0 Å². The Hall–Kier alpha value is -2.88. The van der Waals surface area contributed by atoms with Crippen LogP contribution in [0.2, 0.25) is 0 Å². The van der Waals surface area contributed by atoms with Crippen molar-refractivity contribution >= 4 is 17.6 Å². The molecule has 1 amide bonds. The van der Waals surface area contributed by atoms with Crippen molar-refractivity contribution in [3.8, 4) is 0 Å². The minimum absolute atomic E-state index is 0.0566. The molecule has 1 aliphatic carbocycles. The molecule has 3 aliphatic rings. The molecule has 0 N–H and O–H groups in total. The van der Waals surface area contributed by atoms with Crippen LogP contribution in [0.5, 0.6) is 0 Å². The van der Waals surface area contributed by atoms with Crippen LogP contribution in [-0.4, -0.2) is 18.5 Å². The number of allylic oxidation sites excluding steroid dienone is 2. The highest BCUT2D eigenvalue weighted by molar-refractivity contribution is 6.12. The number of fused-ring (bicyclic) bond motifs is 8. The number of esters is 1. The monoisotopic (exact) mass is 345 g/mol. The van der Waals surface area contributed by atoms with Gasteiger partial charge in [-0.1, -0.05) is 30.4 Å². The lowest BCUT2D eigenvalue weighted by molar-refractivity contribution is 0.0526. The molecule has 0 aromatic heterocycles. The molecule has 0 radical (unpaired) electrons. The SMILES string of the molecule is CCOC(=O)c1ccc2c(c1)[C@H]1C=CC[C@H]1[C@H]1c3ccccc3C(=O)N21. The minimum Gasteiger partial charge on any atom is -0.462 e. The van der Waals surface area contributed by atoms with Crippen LogP contribution in [0.25, 0.3) is 0 Å². The minimum atomic E-state index is -0.313. The van der Waals surface area contributed by atoms with Gasteiger partial charge in [-0.05, 0) is 54.7 Å². The maximum absolute atomic E-state index is 13.1. The summed E-state index contributed by atoms with van der Waals surface area (Å²) < 4.78 is 5.15. The van der Waals surface area contributed by atoms with Gasteiger partial charge in [0.2, 0.25) is 0 Å². The first-order chi connectivity index (χ1) is 12.7. The Kier molecular flexibility index (Phi) is 3.29. The van der Waals surface area contributed by atoms with E-state index in [2.05, 4.69) is 18.2 Å². The van der Waals surface area contributed by atoms with Gasteiger partial charge in [0, 0.05) is 17.2 Å². The molecule has 3 atom stereocenters. The Bertz CT molecular complexity index is 962. The number of carbonyl (C=O) groups is 2. The van der Waals surface area contributed by atoms with E-state index in [1.807, 2.05) is 35.2 Å². The molecular weight excluding hydrogens is 326 g/mol. The smallest absolute Gasteiger partial charge is 0.338 e. The van der Waals surface area contributed by atoms with Crippen molar-refractivity contribution in [1.29, 1.82) is 0 Å². The van der Waals surface area contributed by atoms with Crippen molar-refractivity contribution in [2.45, 2.75) is 25.3 Å². The summed E-state index contributed by atoms with van der Waals surface area (Å²) in [4.78, 5) is 27.2. The number of hydrogen-bond acceptors (Lipinski definition) is 3. The standard InChI is InChI=1S/C22H19NO3/c1-2-26-22(25)13-10-11-19-18(12-13)14-8-5-9-15(14)20-16-6-3-4-7-17(16)21(24)23(19)20/h3-8,10-12,14-15,20H,2,9H2,1H3/t14-,15+,20-/m0/s1. The van der Waals surface area contributed by atoms with Crippen LogP contribution >= 0.6 is 0 Å². The van der Waals surface area contributed by atoms with Crippen LogP contribution in [0.3, 0.4) is 0 Å². The van der Waals surface area contributed by atoms with Gasteiger partial charge >= 0.3 is 5.97 Å². The lowest BCUT2D eigenvalue weighted by Crippen LogP contribution is -2.38. The molecule has 130 valence electrons. The van der Waals surface area contributed by atoms with E-state index in [4.69, 9.17) is 4.74 Å². The van der Waals surface area contributed by atoms with Crippen LogP contribution in [0.1, 0.15) is 57.1 Å². The van der Waals surface area contributed by atoms with Gasteiger partial charge in [0.1, 0.15) is 0 Å². The van der Waals surface area contributed by atoms with Crippen LogP contribution in [0.15, 0.2) is 54.6 Å². The van der Waals surface area contributed by atoms with Gasteiger partial charge in [-0.3, -0.25) is 4.79 Å². The molecule has 4 nitrogen and oxygen atoms in total. The van der Waals surface area contributed by atoms with E-state index in [0.717, 1.165) is 28.8 Å². The van der Waals surface area contributed by atoms with Crippen LogP contribution in [-0.2, 0) is 4.74 Å². The van der Waals surface area contributed by atoms with Crippen molar-refractivity contribution in [1.82, 2.24) is 0 Å². The quantitative estimate of drug-likeness (QED) is 0.604. The molecule has 2 aromatic carbocycles. The summed E-state index contributed by atoms with van der Waals surface area (Å²) in [5.41, 5.74) is 4.43. The fourth-order valence-corrected chi connectivity index (χ4v) is 4.74. The van der Waals surface area contributed by atoms with Crippen molar-refractivity contribution in [3.05, 3.63) is 76.9 Å². The molecule has 0 bridgehead atoms. The van der Waals surface area contributed by atoms with E-state index in [1.54, 1.807) is 13.0 Å². The molecule has 2 aromatic rings. The van der Waals surface area contributed by atoms with Crippen LogP contribution in [0, 0.1) is 5.92 Å². The predicted molar refractivity (Wildman–Crippen MR) is 98.4 cm³/mol. The van der Waals surface area contributed by atoms with Crippen molar-refractivity contribution in [2.75, 3.05) is 11.5 Å². The summed E-state index contributed by atoms with van der Waals surface area (Å²) >= 11 is 0. The van der Waals surface area contributed by atoms with Gasteiger partial charge in [0.25, 0.3) is 5.91 Å². The van der Waals surface area contributed by atoms with E-state index in [-0.39, 0.29) is 23.8 Å². The third kappa shape index (κ3) is 1.96. The van der Waals surface area contributed by atoms with Gasteiger partial charge in [0.05, 0.1) is 18.2 Å². The fraction of sp³-hybridized carbons (Fsp3) is 0.273. The Morgan fingerprint density at radius 2 is 2.04 bits per heavy atom. The average Bonchev–Trinajstić information content (AvgIpc) is 3.26. The summed E-state index contributed by atoms with van der Waals surface area (Å²) in [6.07, 6.45) is 5.36. The Labute approximate surface area is 152 Å². The number of ether oxygens (including phenoxy) is 1. The molecule has 2 heterocycles. The second-order valence-electron chi connectivity index (χ2n) is 7.05. The molecule has 2 aliphatic heterocycles. The highest BCUT2D eigenvalue weighted by atomic mass is 16.5. The lowest BCUT2D eigenvalue weighted by atomic mass is 9.76. The predicted octanol–water partition coefficient (Wildman–Crippen LogP) is 4.24. The van der Waals surface area contributed by atoms with Crippen LogP contribution < -0.4 is 4.90 Å². The zero-order valence-electron chi connectivity index (χ0n) is 14.5. The molecule has 5 rings (SSSR count). The number of amides is 1. The van der Waals surface area contributed by atoms with Crippen molar-refractivity contribution < 1.29 is 14.3 Å². The zero-order valence-corrected chi connectivity index (χ0v) is 14.5. The summed E-state index contributed by atoms with van der Waals surface area (Å²) in [5.74, 6) is 0.278. The average molecular weight is 345 g/mol. The lowest BCUT2D eigenvalue weighted by Gasteiger charge is -2.40. The first-order valence-electron chi connectivity index (χ1n) is 9.11. The number of anilines is 1. The molecular formula is C22H19NO3. The van der Waals surface area contributed by atoms with Gasteiger partial charge in [-0.25, -0.2) is 4.79 Å². The largest absolute Gasteiger partial charge is 0.462 e. The maximum atomic E-state index is 13.1. The second-order valence-corrected chi connectivity index (χ2v) is 7.05. The number of benzene rings is 2. The summed E-state index contributed by atoms with van der Waals surface area (Å²) in [6, 6.07) is 13.6. The number of hydrogen-bond donors (Lipinski definition) is 0. The molecule has 0 spiro atoms. The molecule has 4 heteroatoms. The maximum Gasteiger partial charge on any atom is 0.338 e. The Balaban J connectivity index is 1.67. The summed E-state index contributed by atoms with van der Waals surface area (Å²) in [5, 5.41) is 0. The number of rotatable bonds is 2. The molecule has 0 fully saturated rings. The molecule has 0 saturated carbocycles. The summed E-state index contributed by atoms with van der Waals surface area (Å²) in [6.45, 7) is 2.15. The van der Waals surface area contributed by atoms with Gasteiger partial charge in [0.15, 0.2) is 0 Å². The number of carbonyl (C=O) groups excluding carboxylic acids is 2. The first kappa shape index (κ1) is 15.4. The highest BCUT2D eigenvalue weighted by Crippen LogP contribution is 2.56. The van der Waals surface area contributed by atoms with Gasteiger partial charge in [-0.2, -0.15) is 0 Å². The van der Waals surface area contributed by atoms with E-state index in [0.29, 0.717) is 18.1 Å². The fourth-order valence-electron chi connectivity index (χ4n) is 4.74. The Morgan fingerprint density at radius 1 is 1.19 bits per heavy atom. The first-order valence-corrected chi connectivity index (χ1v) is 9.11. The third-order valence-corrected chi connectivity index (χ3v) is 5.78. The Morgan fingerprint density at radius 3 is 2.88 bits per heavy atom. The zero-order chi connectivity index (χ0) is 17.8. The second kappa shape index (κ2) is 5.56. The third-order valence-electron chi connectivity index (χ3n) is 5.78. The normalized spacial score (nSPS) is 24.7. The van der Waals surface area contributed by atoms with Crippen LogP contribution in [0.4, 0.5) is 5.69 Å². The van der Waals surface area contributed by atoms with E-state index in [9.17, 15) is 9.59 Å². The van der Waals surface area contributed by atoms with Gasteiger partial charge in [-0.15, -0.1) is 0 Å². The van der Waals surface area contributed by atoms with E-state index in [1.165, 1.54) is 0 Å². The topological polar surface area (TPSA) is 46.6 Å². The van der Waals surface area contributed by atoms with Crippen molar-refractivity contribution in [2.24, 2.45) is 5.92 Å². The van der Waals surface area contributed by atoms with E-state index < -0.39 is 0 Å². The van der Waals surface area contributed by atoms with E-state index >= 15 is 0 Å². The number of nitrogens with zero attached hydrogens (tertiary/aromatic N) is 1. The molecule has 0 saturated heterocycles.